The molecule has 0 aromatic carbocycles. The zero-order valence-electron chi connectivity index (χ0n) is 20.1. The molecule has 2 aliphatic carbocycles. The Labute approximate surface area is 210 Å². The number of hydrogen-bond acceptors (Lipinski definition) is 7. The zero-order chi connectivity index (χ0) is 25.0. The van der Waals surface area contributed by atoms with E-state index in [0.29, 0.717) is 12.4 Å². The molecule has 3 aromatic heterocycles. The van der Waals surface area contributed by atoms with Gasteiger partial charge in [-0.1, -0.05) is 30.4 Å². The second kappa shape index (κ2) is 10.5. The Morgan fingerprint density at radius 2 is 1.97 bits per heavy atom. The summed E-state index contributed by atoms with van der Waals surface area (Å²) in [6.45, 7) is 0.688. The van der Waals surface area contributed by atoms with Gasteiger partial charge in [-0.3, -0.25) is 9.97 Å². The Kier molecular flexibility index (Phi) is 7.02. The molecular formula is C27H28N6O2S. The minimum atomic E-state index is -3.31. The van der Waals surface area contributed by atoms with Gasteiger partial charge in [-0.2, -0.15) is 0 Å². The van der Waals surface area contributed by atoms with Crippen LogP contribution in [0.3, 0.4) is 0 Å². The van der Waals surface area contributed by atoms with E-state index in [9.17, 15) is 8.42 Å². The minimum absolute atomic E-state index is 0.154. The number of hydrogen-bond donors (Lipinski definition) is 2. The van der Waals surface area contributed by atoms with E-state index in [1.54, 1.807) is 18.6 Å². The van der Waals surface area contributed by atoms with Crippen molar-refractivity contribution in [1.82, 2.24) is 24.7 Å². The maximum absolute atomic E-state index is 11.5. The third kappa shape index (κ3) is 5.75. The van der Waals surface area contributed by atoms with Crippen molar-refractivity contribution in [3.63, 3.8) is 0 Å². The summed E-state index contributed by atoms with van der Waals surface area (Å²) in [5.74, 6) is 1.31. The van der Waals surface area contributed by atoms with Gasteiger partial charge in [0.25, 0.3) is 0 Å². The number of pyridine rings is 2. The number of allylic oxidation sites excluding steroid dienone is 4. The monoisotopic (exact) mass is 500 g/mol. The van der Waals surface area contributed by atoms with Gasteiger partial charge in [0.15, 0.2) is 5.82 Å². The van der Waals surface area contributed by atoms with Crippen LogP contribution in [0.4, 0.5) is 5.82 Å². The molecule has 2 aliphatic rings. The van der Waals surface area contributed by atoms with Gasteiger partial charge < -0.3 is 5.32 Å². The SMILES string of the molecule is CS(=O)(=O)NCc1cncc(-c2nc(NCc3ccccn3)c3c(n2)=CCCC=3C2=CC=CCC2)c1. The van der Waals surface area contributed by atoms with Crippen LogP contribution in [-0.2, 0) is 23.1 Å². The van der Waals surface area contributed by atoms with Gasteiger partial charge in [-0.25, -0.2) is 23.1 Å². The second-order valence-corrected chi connectivity index (χ2v) is 10.7. The van der Waals surface area contributed by atoms with Crippen molar-refractivity contribution in [1.29, 1.82) is 0 Å². The van der Waals surface area contributed by atoms with E-state index in [1.165, 1.54) is 11.1 Å². The number of nitrogens with one attached hydrogen (secondary N) is 2. The molecule has 8 nitrogen and oxygen atoms in total. The summed E-state index contributed by atoms with van der Waals surface area (Å²) in [5.41, 5.74) is 5.00. The maximum Gasteiger partial charge on any atom is 0.209 e. The van der Waals surface area contributed by atoms with Crippen LogP contribution in [0.2, 0.25) is 0 Å². The van der Waals surface area contributed by atoms with E-state index >= 15 is 0 Å². The lowest BCUT2D eigenvalue weighted by Crippen LogP contribution is -2.37. The maximum atomic E-state index is 11.5. The molecule has 9 heteroatoms. The lowest BCUT2D eigenvalue weighted by molar-refractivity contribution is 0.587. The van der Waals surface area contributed by atoms with E-state index in [0.717, 1.165) is 65.1 Å². The van der Waals surface area contributed by atoms with Gasteiger partial charge in [-0.05, 0) is 60.6 Å². The van der Waals surface area contributed by atoms with Crippen LogP contribution < -0.4 is 20.6 Å². The smallest absolute Gasteiger partial charge is 0.209 e. The van der Waals surface area contributed by atoms with Gasteiger partial charge in [0, 0.05) is 35.9 Å². The fraction of sp³-hybridized carbons (Fsp3) is 0.259. The molecule has 0 unspecified atom stereocenters. The molecule has 0 saturated heterocycles. The highest BCUT2D eigenvalue weighted by Gasteiger charge is 2.17. The van der Waals surface area contributed by atoms with Crippen molar-refractivity contribution < 1.29 is 8.42 Å². The third-order valence-electron chi connectivity index (χ3n) is 6.13. The molecule has 36 heavy (non-hydrogen) atoms. The number of nitrogens with zero attached hydrogens (tertiary/aromatic N) is 4. The lowest BCUT2D eigenvalue weighted by atomic mass is 9.90. The van der Waals surface area contributed by atoms with Crippen molar-refractivity contribution >= 4 is 27.5 Å². The molecule has 0 spiro atoms. The largest absolute Gasteiger partial charge is 0.364 e. The van der Waals surface area contributed by atoms with E-state index in [1.807, 2.05) is 24.3 Å². The first-order chi connectivity index (χ1) is 17.5. The lowest BCUT2D eigenvalue weighted by Gasteiger charge is -2.19. The number of rotatable bonds is 8. The molecular weight excluding hydrogens is 472 g/mol. The van der Waals surface area contributed by atoms with Crippen molar-refractivity contribution in [2.24, 2.45) is 0 Å². The van der Waals surface area contributed by atoms with Crippen LogP contribution in [0, 0.1) is 0 Å². The van der Waals surface area contributed by atoms with E-state index in [-0.39, 0.29) is 6.54 Å². The summed E-state index contributed by atoms with van der Waals surface area (Å²) in [6, 6.07) is 7.72. The summed E-state index contributed by atoms with van der Waals surface area (Å²) in [5, 5.41) is 5.47. The minimum Gasteiger partial charge on any atom is -0.364 e. The summed E-state index contributed by atoms with van der Waals surface area (Å²) < 4.78 is 25.6. The Morgan fingerprint density at radius 3 is 2.75 bits per heavy atom. The third-order valence-corrected chi connectivity index (χ3v) is 6.80. The number of sulfonamides is 1. The van der Waals surface area contributed by atoms with Gasteiger partial charge >= 0.3 is 0 Å². The number of aromatic nitrogens is 4. The highest BCUT2D eigenvalue weighted by atomic mass is 32.2. The van der Waals surface area contributed by atoms with Crippen molar-refractivity contribution in [3.05, 3.63) is 88.5 Å². The summed E-state index contributed by atoms with van der Waals surface area (Å²) >= 11 is 0. The Balaban J connectivity index is 1.60. The zero-order valence-corrected chi connectivity index (χ0v) is 20.9. The quantitative estimate of drug-likeness (QED) is 0.489. The van der Waals surface area contributed by atoms with Gasteiger partial charge in [-0.15, -0.1) is 0 Å². The predicted molar refractivity (Wildman–Crippen MR) is 141 cm³/mol. The first kappa shape index (κ1) is 24.0. The molecule has 0 fully saturated rings. The average molecular weight is 501 g/mol. The van der Waals surface area contributed by atoms with Crippen molar-refractivity contribution in [3.8, 4) is 11.4 Å². The first-order valence-corrected chi connectivity index (χ1v) is 13.9. The molecule has 3 aromatic rings. The molecule has 5 rings (SSSR count). The van der Waals surface area contributed by atoms with Crippen molar-refractivity contribution in [2.75, 3.05) is 11.6 Å². The molecule has 184 valence electrons. The standard InChI is InChI=1S/C27H28N6O2S/c1-36(34,35)31-16-19-14-21(17-28-15-19)26-32-24-12-7-11-23(20-8-3-2-4-9-20)25(24)27(33-26)30-18-22-10-5-6-13-29-22/h2-3,5-6,8,10,12-15,17,31H,4,7,9,11,16,18H2,1H3,(H,30,32,33). The van der Waals surface area contributed by atoms with E-state index in [2.05, 4.69) is 44.3 Å². The molecule has 2 N–H and O–H groups in total. The van der Waals surface area contributed by atoms with Crippen LogP contribution >= 0.6 is 0 Å². The Bertz CT molecular complexity index is 1560. The van der Waals surface area contributed by atoms with Gasteiger partial charge in [0.2, 0.25) is 10.0 Å². The van der Waals surface area contributed by atoms with Crippen molar-refractivity contribution in [2.45, 2.75) is 38.8 Å². The molecule has 0 bridgehead atoms. The van der Waals surface area contributed by atoms with E-state index < -0.39 is 10.0 Å². The molecule has 0 saturated carbocycles. The first-order valence-electron chi connectivity index (χ1n) is 12.0. The molecule has 0 amide bonds. The van der Waals surface area contributed by atoms with Gasteiger partial charge in [0.1, 0.15) is 5.82 Å². The van der Waals surface area contributed by atoms with Gasteiger partial charge in [0.05, 0.1) is 23.8 Å². The number of anilines is 1. The van der Waals surface area contributed by atoms with Crippen LogP contribution in [0.1, 0.15) is 36.9 Å². The highest BCUT2D eigenvalue weighted by Crippen LogP contribution is 2.26. The fourth-order valence-corrected chi connectivity index (χ4v) is 4.86. The number of fused-ring (bicyclic) bond motifs is 1. The molecule has 0 atom stereocenters. The predicted octanol–water partition coefficient (Wildman–Crippen LogP) is 2.60. The second-order valence-electron chi connectivity index (χ2n) is 8.89. The summed E-state index contributed by atoms with van der Waals surface area (Å²) in [6.07, 6.45) is 18.8. The van der Waals surface area contributed by atoms with Crippen LogP contribution in [-0.4, -0.2) is 34.6 Å². The Hall–Kier alpha value is -3.69. The molecule has 0 radical (unpaired) electrons. The summed E-state index contributed by atoms with van der Waals surface area (Å²) in [4.78, 5) is 18.6. The van der Waals surface area contributed by atoms with Crippen LogP contribution in [0.5, 0.6) is 0 Å². The van der Waals surface area contributed by atoms with E-state index in [4.69, 9.17) is 9.97 Å². The summed E-state index contributed by atoms with van der Waals surface area (Å²) in [7, 11) is -3.31. The average Bonchev–Trinajstić information content (AvgIpc) is 2.91. The van der Waals surface area contributed by atoms with Crippen LogP contribution in [0.15, 0.2) is 66.7 Å². The molecule has 0 aliphatic heterocycles. The van der Waals surface area contributed by atoms with Crippen LogP contribution in [0.25, 0.3) is 23.0 Å². The Morgan fingerprint density at radius 1 is 1.06 bits per heavy atom. The normalized spacial score (nSPS) is 15.1. The fourth-order valence-electron chi connectivity index (χ4n) is 4.43. The molecule has 3 heterocycles. The topological polar surface area (TPSA) is 110 Å². The highest BCUT2D eigenvalue weighted by molar-refractivity contribution is 7.88.